The summed E-state index contributed by atoms with van der Waals surface area (Å²) in [6, 6.07) is 10.0. The van der Waals surface area contributed by atoms with Gasteiger partial charge in [-0.3, -0.25) is 4.79 Å². The third-order valence-corrected chi connectivity index (χ3v) is 8.48. The predicted octanol–water partition coefficient (Wildman–Crippen LogP) is 2.91. The highest BCUT2D eigenvalue weighted by Crippen LogP contribution is 2.40. The molecule has 6 nitrogen and oxygen atoms in total. The first-order valence-electron chi connectivity index (χ1n) is 11.8. The Morgan fingerprint density at radius 3 is 2.31 bits per heavy atom. The third-order valence-electron chi connectivity index (χ3n) is 7.15. The number of sulfonamides is 1. The lowest BCUT2D eigenvalue weighted by molar-refractivity contribution is -0.135. The molecule has 2 bridgehead atoms. The van der Waals surface area contributed by atoms with Gasteiger partial charge in [0.15, 0.2) is 11.6 Å². The lowest BCUT2D eigenvalue weighted by Crippen LogP contribution is -2.52. The number of hydrogen-bond acceptors (Lipinski definition) is 4. The van der Waals surface area contributed by atoms with E-state index in [-0.39, 0.29) is 48.2 Å². The van der Waals surface area contributed by atoms with Crippen LogP contribution in [-0.4, -0.2) is 49.6 Å². The van der Waals surface area contributed by atoms with Crippen molar-refractivity contribution in [1.29, 1.82) is 0 Å². The van der Waals surface area contributed by atoms with Gasteiger partial charge in [-0.05, 0) is 61.6 Å². The first kappa shape index (κ1) is 25.7. The van der Waals surface area contributed by atoms with Crippen molar-refractivity contribution in [3.8, 4) is 0 Å². The molecule has 3 N–H and O–H groups in total. The number of piperidine rings is 1. The van der Waals surface area contributed by atoms with Crippen LogP contribution in [0.4, 0.5) is 13.2 Å². The van der Waals surface area contributed by atoms with E-state index >= 15 is 0 Å². The number of nitrogens with zero attached hydrogens (tertiary/aromatic N) is 1. The average molecular weight is 510 g/mol. The van der Waals surface area contributed by atoms with Gasteiger partial charge in [0.25, 0.3) is 0 Å². The summed E-state index contributed by atoms with van der Waals surface area (Å²) in [6.45, 7) is -0.291. The molecule has 4 atom stereocenters. The van der Waals surface area contributed by atoms with E-state index in [9.17, 15) is 26.4 Å². The van der Waals surface area contributed by atoms with E-state index in [1.54, 1.807) is 4.90 Å². The number of nitrogens with two attached hydrogens (primary N) is 1. The van der Waals surface area contributed by atoms with E-state index in [2.05, 4.69) is 4.72 Å². The van der Waals surface area contributed by atoms with Crippen LogP contribution in [0.25, 0.3) is 0 Å². The summed E-state index contributed by atoms with van der Waals surface area (Å²) in [5, 5.41) is 0. The monoisotopic (exact) mass is 509 g/mol. The van der Waals surface area contributed by atoms with Crippen LogP contribution in [0.1, 0.15) is 36.8 Å². The van der Waals surface area contributed by atoms with Crippen molar-refractivity contribution in [3.63, 3.8) is 0 Å². The van der Waals surface area contributed by atoms with Crippen LogP contribution in [0.2, 0.25) is 0 Å². The van der Waals surface area contributed by atoms with Gasteiger partial charge in [-0.2, -0.15) is 0 Å². The second-order valence-corrected chi connectivity index (χ2v) is 11.4. The zero-order chi connectivity index (χ0) is 25.2. The van der Waals surface area contributed by atoms with Crippen molar-refractivity contribution in [1.82, 2.24) is 9.62 Å². The zero-order valence-corrected chi connectivity index (χ0v) is 20.1. The molecule has 0 spiro atoms. The highest BCUT2D eigenvalue weighted by atomic mass is 32.2. The van der Waals surface area contributed by atoms with Crippen LogP contribution in [0.5, 0.6) is 0 Å². The fourth-order valence-corrected chi connectivity index (χ4v) is 6.34. The molecule has 4 rings (SSSR count). The second-order valence-electron chi connectivity index (χ2n) is 9.52. The van der Waals surface area contributed by atoms with E-state index in [1.165, 1.54) is 0 Å². The van der Waals surface area contributed by atoms with Gasteiger partial charge in [0.05, 0.1) is 12.3 Å². The molecule has 0 saturated carbocycles. The number of carbonyl (C=O) groups excluding carboxylic acids is 1. The first-order chi connectivity index (χ1) is 16.6. The molecule has 0 radical (unpaired) electrons. The van der Waals surface area contributed by atoms with Crippen LogP contribution in [0.3, 0.4) is 0 Å². The van der Waals surface area contributed by atoms with Crippen LogP contribution < -0.4 is 10.5 Å². The number of fused-ring (bicyclic) bond motifs is 2. The number of rotatable bonds is 9. The van der Waals surface area contributed by atoms with E-state index in [4.69, 9.17) is 5.73 Å². The maximum Gasteiger partial charge on any atom is 0.238 e. The maximum absolute atomic E-state index is 14.1. The third kappa shape index (κ3) is 6.23. The zero-order valence-electron chi connectivity index (χ0n) is 19.3. The molecule has 0 aromatic heterocycles. The molecule has 2 aliphatic rings. The summed E-state index contributed by atoms with van der Waals surface area (Å²) < 4.78 is 68.0. The van der Waals surface area contributed by atoms with Crippen molar-refractivity contribution in [2.24, 2.45) is 11.7 Å². The quantitative estimate of drug-likeness (QED) is 0.509. The molecule has 2 aromatic rings. The predicted molar refractivity (Wildman–Crippen MR) is 126 cm³/mol. The number of amides is 1. The first-order valence-corrected chi connectivity index (χ1v) is 13.5. The molecule has 0 aliphatic carbocycles. The van der Waals surface area contributed by atoms with Crippen molar-refractivity contribution >= 4 is 15.9 Å². The fourth-order valence-electron chi connectivity index (χ4n) is 5.35. The molecular weight excluding hydrogens is 479 g/mol. The lowest BCUT2D eigenvalue weighted by Gasteiger charge is -2.41. The summed E-state index contributed by atoms with van der Waals surface area (Å²) >= 11 is 0. The number of benzene rings is 2. The molecule has 2 unspecified atom stereocenters. The Labute approximate surface area is 203 Å². The molecule has 2 fully saturated rings. The number of halogens is 3. The van der Waals surface area contributed by atoms with Crippen LogP contribution in [0.15, 0.2) is 42.5 Å². The van der Waals surface area contributed by atoms with Crippen LogP contribution in [0, 0.1) is 23.4 Å². The van der Waals surface area contributed by atoms with Crippen molar-refractivity contribution in [2.75, 3.05) is 12.3 Å². The van der Waals surface area contributed by atoms with Gasteiger partial charge in [-0.25, -0.2) is 26.3 Å². The standard InChI is InChI=1S/C25H30F3N3O3S/c26-21-14-23(28)22(27)12-17(21)13-24(29)18-10-19-6-7-20(11-18)31(19)25(32)15-30-35(33,34)9-8-16-4-2-1-3-5-16/h1-5,12,14,18-20,24,30H,6-11,13,15,29H2/t18?,19-,20+,24?. The largest absolute Gasteiger partial charge is 0.336 e. The van der Waals surface area contributed by atoms with Gasteiger partial charge in [-0.15, -0.1) is 0 Å². The number of carbonyl (C=O) groups is 1. The van der Waals surface area contributed by atoms with E-state index in [1.807, 2.05) is 30.3 Å². The smallest absolute Gasteiger partial charge is 0.238 e. The molecular formula is C25H30F3N3O3S. The van der Waals surface area contributed by atoms with Crippen LogP contribution in [-0.2, 0) is 27.7 Å². The highest BCUT2D eigenvalue weighted by Gasteiger charge is 2.44. The summed E-state index contributed by atoms with van der Waals surface area (Å²) in [4.78, 5) is 14.7. The van der Waals surface area contributed by atoms with Gasteiger partial charge < -0.3 is 10.6 Å². The Bertz CT molecular complexity index is 1150. The Morgan fingerprint density at radius 2 is 1.66 bits per heavy atom. The van der Waals surface area contributed by atoms with Gasteiger partial charge in [-0.1, -0.05) is 30.3 Å². The van der Waals surface area contributed by atoms with Gasteiger partial charge in [0, 0.05) is 24.2 Å². The molecule has 10 heteroatoms. The van der Waals surface area contributed by atoms with E-state index < -0.39 is 33.5 Å². The number of aryl methyl sites for hydroxylation is 1. The Balaban J connectivity index is 1.30. The molecule has 2 aliphatic heterocycles. The maximum atomic E-state index is 14.1. The highest BCUT2D eigenvalue weighted by molar-refractivity contribution is 7.89. The van der Waals surface area contributed by atoms with Crippen LogP contribution >= 0.6 is 0 Å². The van der Waals surface area contributed by atoms with Crippen molar-refractivity contribution in [2.45, 2.75) is 56.7 Å². The molecule has 1 amide bonds. The molecule has 2 aromatic carbocycles. The molecule has 2 saturated heterocycles. The Hall–Kier alpha value is -2.43. The van der Waals surface area contributed by atoms with Gasteiger partial charge in [0.1, 0.15) is 5.82 Å². The van der Waals surface area contributed by atoms with Crippen molar-refractivity contribution in [3.05, 3.63) is 71.0 Å². The van der Waals surface area contributed by atoms with Gasteiger partial charge in [0.2, 0.25) is 15.9 Å². The minimum atomic E-state index is -3.61. The average Bonchev–Trinajstić information content (AvgIpc) is 3.09. The fraction of sp³-hybridized carbons (Fsp3) is 0.480. The van der Waals surface area contributed by atoms with E-state index in [0.29, 0.717) is 25.3 Å². The SMILES string of the molecule is NC(Cc1cc(F)c(F)cc1F)C1C[C@H]2CC[C@@H](C1)N2C(=O)CNS(=O)(=O)CCc1ccccc1. The lowest BCUT2D eigenvalue weighted by atomic mass is 9.82. The second kappa shape index (κ2) is 10.7. The molecule has 2 heterocycles. The van der Waals surface area contributed by atoms with E-state index in [0.717, 1.165) is 24.5 Å². The summed E-state index contributed by atoms with van der Waals surface area (Å²) in [7, 11) is -3.61. The van der Waals surface area contributed by atoms with Gasteiger partial charge >= 0.3 is 0 Å². The van der Waals surface area contributed by atoms with Crippen molar-refractivity contribution < 1.29 is 26.4 Å². The Morgan fingerprint density at radius 1 is 1.03 bits per heavy atom. The normalized spacial score (nSPS) is 22.9. The molecule has 190 valence electrons. The Kier molecular flexibility index (Phi) is 7.83. The summed E-state index contributed by atoms with van der Waals surface area (Å²) in [5.74, 6) is -3.55. The minimum absolute atomic E-state index is 0.00775. The number of nitrogens with one attached hydrogen (secondary N) is 1. The summed E-state index contributed by atoms with van der Waals surface area (Å²) in [5.41, 5.74) is 7.27. The topological polar surface area (TPSA) is 92.5 Å². The number of hydrogen-bond donors (Lipinski definition) is 2. The minimum Gasteiger partial charge on any atom is -0.336 e. The molecule has 35 heavy (non-hydrogen) atoms. The summed E-state index contributed by atoms with van der Waals surface area (Å²) in [6.07, 6.45) is 3.23.